The molecule has 5 aromatic rings. The molecule has 0 unspecified atom stereocenters. The van der Waals surface area contributed by atoms with Crippen LogP contribution in [-0.4, -0.2) is 0 Å². The predicted octanol–water partition coefficient (Wildman–Crippen LogP) is 8.64. The van der Waals surface area contributed by atoms with Crippen molar-refractivity contribution in [1.29, 1.82) is 0 Å². The predicted molar refractivity (Wildman–Crippen MR) is 172 cm³/mol. The summed E-state index contributed by atoms with van der Waals surface area (Å²) in [4.78, 5) is 0. The van der Waals surface area contributed by atoms with Crippen LogP contribution in [0.1, 0.15) is 49.1 Å². The maximum Gasteiger partial charge on any atom is 0.116 e. The Balaban J connectivity index is 0.000000194. The van der Waals surface area contributed by atoms with Gasteiger partial charge in [-0.25, -0.2) is 0 Å². The summed E-state index contributed by atoms with van der Waals surface area (Å²) in [7, 11) is -1.78. The molecule has 40 heavy (non-hydrogen) atoms. The third-order valence-electron chi connectivity index (χ3n) is 7.87. The number of hydrogen-bond donors (Lipinski definition) is 0. The standard InChI is InChI=1S/C25H22P.C12H15ClO/c1-5-13-22(14-6-1)21-26(23-15-7-2-8-16-23,24-17-9-3-10-18-24)25-19-11-4-12-20-25;13-10-6-7-12(14)11(8-10)9-4-2-1-3-5-9/h1-20H,21H2;6-9,14H,1-5H2/q+1;/p-1. The Morgan fingerprint density at radius 2 is 1.02 bits per heavy atom. The molecule has 6 rings (SSSR count). The highest BCUT2D eigenvalue weighted by Crippen LogP contribution is 2.58. The molecule has 202 valence electrons. The number of benzene rings is 5. The SMILES string of the molecule is [O-]c1ccc(Cl)cc1C1CCCCC1.c1ccc(C[P+](c2ccccc2)(c2ccccc2)c2ccccc2)cc1. The van der Waals surface area contributed by atoms with E-state index < -0.39 is 7.26 Å². The van der Waals surface area contributed by atoms with Gasteiger partial charge < -0.3 is 5.11 Å². The van der Waals surface area contributed by atoms with Gasteiger partial charge in [0.2, 0.25) is 0 Å². The van der Waals surface area contributed by atoms with Gasteiger partial charge in [0, 0.05) is 5.02 Å². The van der Waals surface area contributed by atoms with Crippen molar-refractivity contribution in [2.45, 2.75) is 44.2 Å². The normalized spacial score (nSPS) is 13.7. The number of hydrogen-bond acceptors (Lipinski definition) is 1. The van der Waals surface area contributed by atoms with Crippen molar-refractivity contribution in [3.05, 3.63) is 156 Å². The third-order valence-corrected chi connectivity index (χ3v) is 12.5. The van der Waals surface area contributed by atoms with Crippen LogP contribution in [0.4, 0.5) is 0 Å². The zero-order chi connectivity index (χ0) is 27.6. The van der Waals surface area contributed by atoms with Crippen LogP contribution in [-0.2, 0) is 6.16 Å². The highest BCUT2D eigenvalue weighted by Gasteiger charge is 2.45. The number of rotatable bonds is 6. The van der Waals surface area contributed by atoms with Crippen molar-refractivity contribution in [3.63, 3.8) is 0 Å². The first-order valence-electron chi connectivity index (χ1n) is 14.2. The van der Waals surface area contributed by atoms with E-state index in [1.807, 2.05) is 6.07 Å². The molecular formula is C37H36ClOP. The van der Waals surface area contributed by atoms with Crippen molar-refractivity contribution in [3.8, 4) is 5.75 Å². The summed E-state index contributed by atoms with van der Waals surface area (Å²) >= 11 is 5.90. The molecule has 0 aliphatic heterocycles. The molecule has 0 aromatic heterocycles. The van der Waals surface area contributed by atoms with E-state index >= 15 is 0 Å². The molecule has 0 atom stereocenters. The highest BCUT2D eigenvalue weighted by molar-refractivity contribution is 7.95. The van der Waals surface area contributed by atoms with Gasteiger partial charge in [-0.05, 0) is 72.9 Å². The molecule has 0 spiro atoms. The van der Waals surface area contributed by atoms with E-state index in [4.69, 9.17) is 11.6 Å². The van der Waals surface area contributed by atoms with Gasteiger partial charge >= 0.3 is 0 Å². The monoisotopic (exact) mass is 562 g/mol. The zero-order valence-electron chi connectivity index (χ0n) is 22.8. The smallest absolute Gasteiger partial charge is 0.116 e. The number of halogens is 1. The third kappa shape index (κ3) is 6.67. The first-order chi connectivity index (χ1) is 19.7. The van der Waals surface area contributed by atoms with Crippen molar-refractivity contribution < 1.29 is 5.11 Å². The molecule has 0 saturated heterocycles. The Kier molecular flexibility index (Phi) is 9.72. The molecule has 1 fully saturated rings. The lowest BCUT2D eigenvalue weighted by Crippen LogP contribution is -2.32. The van der Waals surface area contributed by atoms with Crippen molar-refractivity contribution in [2.24, 2.45) is 0 Å². The summed E-state index contributed by atoms with van der Waals surface area (Å²) < 4.78 is 0. The lowest BCUT2D eigenvalue weighted by molar-refractivity contribution is -0.269. The molecule has 0 amide bonds. The average Bonchev–Trinajstić information content (AvgIpc) is 3.03. The van der Waals surface area contributed by atoms with Crippen LogP contribution in [0.5, 0.6) is 5.75 Å². The Bertz CT molecular complexity index is 1350. The Morgan fingerprint density at radius 1 is 0.575 bits per heavy atom. The van der Waals surface area contributed by atoms with Crippen molar-refractivity contribution in [2.75, 3.05) is 0 Å². The fourth-order valence-corrected chi connectivity index (χ4v) is 10.3. The van der Waals surface area contributed by atoms with Gasteiger partial charge in [0.15, 0.2) is 0 Å². The summed E-state index contributed by atoms with van der Waals surface area (Å²) in [5.74, 6) is 0.608. The quantitative estimate of drug-likeness (QED) is 0.190. The minimum Gasteiger partial charge on any atom is -0.872 e. The first-order valence-corrected chi connectivity index (χ1v) is 16.6. The molecular weight excluding hydrogens is 527 g/mol. The van der Waals surface area contributed by atoms with Crippen LogP contribution in [0.15, 0.2) is 140 Å². The van der Waals surface area contributed by atoms with Crippen LogP contribution in [0.25, 0.3) is 0 Å². The second-order valence-corrected chi connectivity index (χ2v) is 14.4. The molecule has 5 aromatic carbocycles. The highest BCUT2D eigenvalue weighted by atomic mass is 35.5. The zero-order valence-corrected chi connectivity index (χ0v) is 24.5. The minimum atomic E-state index is -1.78. The molecule has 1 saturated carbocycles. The Labute approximate surface area is 244 Å². The molecule has 1 aliphatic carbocycles. The van der Waals surface area contributed by atoms with E-state index in [0.29, 0.717) is 10.9 Å². The van der Waals surface area contributed by atoms with Gasteiger partial charge in [0.25, 0.3) is 0 Å². The summed E-state index contributed by atoms with van der Waals surface area (Å²) in [6.45, 7) is 0. The topological polar surface area (TPSA) is 23.1 Å². The van der Waals surface area contributed by atoms with Crippen molar-refractivity contribution >= 4 is 34.8 Å². The maximum absolute atomic E-state index is 11.6. The largest absolute Gasteiger partial charge is 0.872 e. The second kappa shape index (κ2) is 13.8. The van der Waals surface area contributed by atoms with Gasteiger partial charge in [-0.15, -0.1) is 5.75 Å². The maximum atomic E-state index is 11.6. The Hall–Kier alpha value is -3.38. The lowest BCUT2D eigenvalue weighted by atomic mass is 9.84. The van der Waals surface area contributed by atoms with E-state index in [0.717, 1.165) is 24.6 Å². The molecule has 0 radical (unpaired) electrons. The van der Waals surface area contributed by atoms with Crippen molar-refractivity contribution in [1.82, 2.24) is 0 Å². The van der Waals surface area contributed by atoms with Gasteiger partial charge in [0.05, 0.1) is 6.16 Å². The second-order valence-electron chi connectivity index (χ2n) is 10.5. The molecule has 0 heterocycles. The van der Waals surface area contributed by atoms with Crippen LogP contribution in [0, 0.1) is 0 Å². The lowest BCUT2D eigenvalue weighted by Gasteiger charge is -2.27. The van der Waals surface area contributed by atoms with Crippen LogP contribution < -0.4 is 21.0 Å². The summed E-state index contributed by atoms with van der Waals surface area (Å²) in [6, 6.07) is 49.1. The van der Waals surface area contributed by atoms with E-state index in [-0.39, 0.29) is 5.75 Å². The summed E-state index contributed by atoms with van der Waals surface area (Å²) in [6.07, 6.45) is 7.13. The first kappa shape index (κ1) is 28.2. The van der Waals surface area contributed by atoms with E-state index in [9.17, 15) is 5.11 Å². The van der Waals surface area contributed by atoms with Crippen LogP contribution >= 0.6 is 18.9 Å². The van der Waals surface area contributed by atoms with Gasteiger partial charge in [-0.1, -0.05) is 127 Å². The minimum absolute atomic E-state index is 0.154. The molecule has 0 bridgehead atoms. The van der Waals surface area contributed by atoms with Gasteiger partial charge in [-0.2, -0.15) is 0 Å². The summed E-state index contributed by atoms with van der Waals surface area (Å²) in [5, 5.41) is 16.6. The van der Waals surface area contributed by atoms with E-state index in [1.54, 1.807) is 12.1 Å². The Morgan fingerprint density at radius 3 is 1.50 bits per heavy atom. The molecule has 1 aliphatic rings. The molecule has 3 heteroatoms. The van der Waals surface area contributed by atoms with Crippen LogP contribution in [0.2, 0.25) is 5.02 Å². The van der Waals surface area contributed by atoms with E-state index in [1.165, 1.54) is 40.7 Å². The fraction of sp³-hybridized carbons (Fsp3) is 0.189. The van der Waals surface area contributed by atoms with Gasteiger partial charge in [0.1, 0.15) is 23.2 Å². The summed E-state index contributed by atoms with van der Waals surface area (Å²) in [5.41, 5.74) is 2.31. The van der Waals surface area contributed by atoms with Gasteiger partial charge in [-0.3, -0.25) is 0 Å². The fourth-order valence-electron chi connectivity index (χ4n) is 5.88. The van der Waals surface area contributed by atoms with E-state index in [2.05, 4.69) is 121 Å². The molecule has 0 N–H and O–H groups in total. The molecule has 1 nitrogen and oxygen atoms in total. The van der Waals surface area contributed by atoms with Crippen LogP contribution in [0.3, 0.4) is 0 Å². The average molecular weight is 563 g/mol.